The Morgan fingerprint density at radius 3 is 2.64 bits per heavy atom. The van der Waals surface area contributed by atoms with Crippen LogP contribution in [0.3, 0.4) is 0 Å². The SMILES string of the molecule is CC1CCN(c2nnc(NC(=O)C(C#N)=Cc3ccc(OC(=O)c4cccs4)cc3)s2)CC1. The molecule has 0 spiro atoms. The lowest BCUT2D eigenvalue weighted by Crippen LogP contribution is -2.32. The standard InChI is InChI=1S/C23H21N5O3S2/c1-15-8-10-28(11-9-15)23-27-26-22(33-23)25-20(29)17(14-24)13-16-4-6-18(7-5-16)31-21(30)19-3-2-12-32-19/h2-7,12-13,15H,8-11H2,1H3,(H,25,26,29). The topological polar surface area (TPSA) is 108 Å². The van der Waals surface area contributed by atoms with Crippen LogP contribution in [0, 0.1) is 17.2 Å². The van der Waals surface area contributed by atoms with Crippen LogP contribution in [0.15, 0.2) is 47.4 Å². The maximum Gasteiger partial charge on any atom is 0.353 e. The quantitative estimate of drug-likeness (QED) is 0.238. The van der Waals surface area contributed by atoms with Crippen molar-refractivity contribution in [2.45, 2.75) is 19.8 Å². The number of nitrogens with one attached hydrogen (secondary N) is 1. The molecule has 10 heteroatoms. The fourth-order valence-corrected chi connectivity index (χ4v) is 4.65. The minimum Gasteiger partial charge on any atom is -0.422 e. The van der Waals surface area contributed by atoms with Gasteiger partial charge in [0.25, 0.3) is 5.91 Å². The Morgan fingerprint density at radius 2 is 1.97 bits per heavy atom. The average molecular weight is 480 g/mol. The molecule has 3 aromatic rings. The number of anilines is 2. The molecule has 1 aromatic carbocycles. The van der Waals surface area contributed by atoms with E-state index in [-0.39, 0.29) is 5.57 Å². The molecule has 0 saturated carbocycles. The molecular weight excluding hydrogens is 458 g/mol. The normalized spacial score (nSPS) is 14.5. The van der Waals surface area contributed by atoms with Crippen molar-refractivity contribution in [1.82, 2.24) is 10.2 Å². The van der Waals surface area contributed by atoms with Crippen LogP contribution in [-0.4, -0.2) is 35.2 Å². The third kappa shape index (κ3) is 5.83. The summed E-state index contributed by atoms with van der Waals surface area (Å²) in [7, 11) is 0. The van der Waals surface area contributed by atoms with E-state index in [1.165, 1.54) is 28.7 Å². The molecular formula is C23H21N5O3S2. The molecule has 1 N–H and O–H groups in total. The zero-order chi connectivity index (χ0) is 23.2. The van der Waals surface area contributed by atoms with Crippen molar-refractivity contribution >= 4 is 50.9 Å². The van der Waals surface area contributed by atoms with E-state index in [1.807, 2.05) is 6.07 Å². The van der Waals surface area contributed by atoms with Crippen LogP contribution in [0.5, 0.6) is 5.75 Å². The van der Waals surface area contributed by atoms with Crippen LogP contribution >= 0.6 is 22.7 Å². The summed E-state index contributed by atoms with van der Waals surface area (Å²) in [4.78, 5) is 27.3. The first-order chi connectivity index (χ1) is 16.0. The van der Waals surface area contributed by atoms with Gasteiger partial charge in [0.1, 0.15) is 22.3 Å². The predicted octanol–water partition coefficient (Wildman–Crippen LogP) is 4.60. The van der Waals surface area contributed by atoms with E-state index in [0.717, 1.165) is 31.1 Å². The lowest BCUT2D eigenvalue weighted by Gasteiger charge is -2.29. The second kappa shape index (κ2) is 10.4. The average Bonchev–Trinajstić information content (AvgIpc) is 3.52. The van der Waals surface area contributed by atoms with Gasteiger partial charge in [-0.25, -0.2) is 4.79 Å². The monoisotopic (exact) mass is 479 g/mol. The number of esters is 1. The molecule has 1 amide bonds. The van der Waals surface area contributed by atoms with Crippen LogP contribution in [0.2, 0.25) is 0 Å². The molecule has 168 valence electrons. The molecule has 2 aromatic heterocycles. The number of hydrogen-bond donors (Lipinski definition) is 1. The van der Waals surface area contributed by atoms with Crippen molar-refractivity contribution in [2.75, 3.05) is 23.3 Å². The molecule has 0 atom stereocenters. The number of aromatic nitrogens is 2. The molecule has 0 bridgehead atoms. The van der Waals surface area contributed by atoms with Crippen molar-refractivity contribution in [1.29, 1.82) is 5.26 Å². The number of ether oxygens (including phenoxy) is 1. The number of carbonyl (C=O) groups is 2. The molecule has 1 fully saturated rings. The summed E-state index contributed by atoms with van der Waals surface area (Å²) in [5.74, 6) is 0.0994. The van der Waals surface area contributed by atoms with Gasteiger partial charge in [-0.1, -0.05) is 36.5 Å². The van der Waals surface area contributed by atoms with Gasteiger partial charge >= 0.3 is 5.97 Å². The predicted molar refractivity (Wildman–Crippen MR) is 128 cm³/mol. The number of rotatable bonds is 6. The summed E-state index contributed by atoms with van der Waals surface area (Å²) in [6.07, 6.45) is 3.68. The lowest BCUT2D eigenvalue weighted by molar-refractivity contribution is -0.112. The fraction of sp³-hybridized carbons (Fsp3) is 0.261. The van der Waals surface area contributed by atoms with Crippen LogP contribution in [0.25, 0.3) is 6.08 Å². The van der Waals surface area contributed by atoms with Crippen molar-refractivity contribution in [3.63, 3.8) is 0 Å². The Hall–Kier alpha value is -3.55. The summed E-state index contributed by atoms with van der Waals surface area (Å²) in [6.45, 7) is 4.08. The summed E-state index contributed by atoms with van der Waals surface area (Å²) in [5, 5.41) is 23.3. The van der Waals surface area contributed by atoms with Gasteiger partial charge in [-0.05, 0) is 54.0 Å². The minimum atomic E-state index is -0.555. The number of nitrogens with zero attached hydrogens (tertiary/aromatic N) is 4. The van der Waals surface area contributed by atoms with Crippen LogP contribution in [-0.2, 0) is 4.79 Å². The Kier molecular flexibility index (Phi) is 7.12. The van der Waals surface area contributed by atoms with Gasteiger partial charge in [0, 0.05) is 13.1 Å². The molecule has 8 nitrogen and oxygen atoms in total. The molecule has 1 saturated heterocycles. The van der Waals surface area contributed by atoms with Gasteiger partial charge in [0.05, 0.1) is 0 Å². The van der Waals surface area contributed by atoms with E-state index in [1.54, 1.807) is 41.8 Å². The minimum absolute atomic E-state index is 0.0677. The summed E-state index contributed by atoms with van der Waals surface area (Å²) in [5.41, 5.74) is 0.555. The van der Waals surface area contributed by atoms with E-state index < -0.39 is 11.9 Å². The zero-order valence-electron chi connectivity index (χ0n) is 17.9. The maximum absolute atomic E-state index is 12.6. The molecule has 1 aliphatic heterocycles. The highest BCUT2D eigenvalue weighted by molar-refractivity contribution is 7.19. The fourth-order valence-electron chi connectivity index (χ4n) is 3.26. The number of nitriles is 1. The molecule has 33 heavy (non-hydrogen) atoms. The zero-order valence-corrected chi connectivity index (χ0v) is 19.5. The lowest BCUT2D eigenvalue weighted by atomic mass is 10.00. The van der Waals surface area contributed by atoms with Gasteiger partial charge in [-0.2, -0.15) is 5.26 Å². The van der Waals surface area contributed by atoms with E-state index in [0.29, 0.717) is 27.2 Å². The third-order valence-electron chi connectivity index (χ3n) is 5.18. The first-order valence-corrected chi connectivity index (χ1v) is 12.1. The smallest absolute Gasteiger partial charge is 0.353 e. The van der Waals surface area contributed by atoms with Gasteiger partial charge < -0.3 is 9.64 Å². The third-order valence-corrected chi connectivity index (χ3v) is 6.93. The van der Waals surface area contributed by atoms with Crippen molar-refractivity contribution in [3.05, 3.63) is 57.8 Å². The van der Waals surface area contributed by atoms with Crippen LogP contribution in [0.1, 0.15) is 35.0 Å². The van der Waals surface area contributed by atoms with Crippen molar-refractivity contribution < 1.29 is 14.3 Å². The highest BCUT2D eigenvalue weighted by atomic mass is 32.1. The molecule has 1 aliphatic rings. The van der Waals surface area contributed by atoms with Gasteiger partial charge in [-0.3, -0.25) is 10.1 Å². The van der Waals surface area contributed by atoms with Crippen molar-refractivity contribution in [2.24, 2.45) is 5.92 Å². The number of piperidine rings is 1. The molecule has 0 radical (unpaired) electrons. The Labute approximate surface area is 199 Å². The number of carbonyl (C=O) groups excluding carboxylic acids is 2. The number of benzene rings is 1. The second-order valence-corrected chi connectivity index (χ2v) is 9.52. The number of amides is 1. The summed E-state index contributed by atoms with van der Waals surface area (Å²) >= 11 is 2.60. The highest BCUT2D eigenvalue weighted by Gasteiger charge is 2.20. The second-order valence-electron chi connectivity index (χ2n) is 7.62. The Bertz CT molecular complexity index is 1190. The first-order valence-electron chi connectivity index (χ1n) is 10.4. The van der Waals surface area contributed by atoms with Crippen LogP contribution in [0.4, 0.5) is 10.3 Å². The maximum atomic E-state index is 12.6. The summed E-state index contributed by atoms with van der Waals surface area (Å²) < 4.78 is 5.32. The van der Waals surface area contributed by atoms with E-state index in [4.69, 9.17) is 4.74 Å². The molecule has 0 aliphatic carbocycles. The Balaban J connectivity index is 1.38. The van der Waals surface area contributed by atoms with Gasteiger partial charge in [0.2, 0.25) is 10.3 Å². The summed E-state index contributed by atoms with van der Waals surface area (Å²) in [6, 6.07) is 12.0. The molecule has 4 rings (SSSR count). The van der Waals surface area contributed by atoms with Crippen LogP contribution < -0.4 is 15.0 Å². The van der Waals surface area contributed by atoms with E-state index in [2.05, 4.69) is 27.3 Å². The Morgan fingerprint density at radius 1 is 1.21 bits per heavy atom. The number of hydrogen-bond acceptors (Lipinski definition) is 9. The van der Waals surface area contributed by atoms with Gasteiger partial charge in [-0.15, -0.1) is 21.5 Å². The van der Waals surface area contributed by atoms with E-state index >= 15 is 0 Å². The number of thiophene rings is 1. The largest absolute Gasteiger partial charge is 0.422 e. The highest BCUT2D eigenvalue weighted by Crippen LogP contribution is 2.28. The first kappa shape index (κ1) is 22.6. The van der Waals surface area contributed by atoms with Gasteiger partial charge in [0.15, 0.2) is 0 Å². The van der Waals surface area contributed by atoms with E-state index in [9.17, 15) is 14.9 Å². The molecule has 3 heterocycles. The molecule has 0 unspecified atom stereocenters. The van der Waals surface area contributed by atoms with Crippen molar-refractivity contribution in [3.8, 4) is 11.8 Å².